The maximum atomic E-state index is 12.2. The van der Waals surface area contributed by atoms with Gasteiger partial charge in [0.2, 0.25) is 5.91 Å². The Labute approximate surface area is 147 Å². The number of rotatable bonds is 5. The Morgan fingerprint density at radius 3 is 2.68 bits per heavy atom. The number of carbonyl (C=O) groups is 3. The number of hydrogen-bond acceptors (Lipinski definition) is 4. The van der Waals surface area contributed by atoms with Crippen LogP contribution in [0.1, 0.15) is 37.7 Å². The second-order valence-corrected chi connectivity index (χ2v) is 6.86. The molecule has 3 rings (SSSR count). The number of hydrogen-bond donors (Lipinski definition) is 1. The van der Waals surface area contributed by atoms with E-state index in [-0.39, 0.29) is 30.9 Å². The van der Waals surface area contributed by atoms with Crippen LogP contribution >= 0.6 is 0 Å². The lowest BCUT2D eigenvalue weighted by atomic mass is 10.1. The molecule has 1 heterocycles. The number of para-hydroxylation sites is 1. The van der Waals surface area contributed by atoms with Crippen LogP contribution < -0.4 is 5.32 Å². The van der Waals surface area contributed by atoms with Crippen LogP contribution in [0.5, 0.6) is 0 Å². The zero-order valence-electron chi connectivity index (χ0n) is 14.5. The SMILES string of the molecule is Cc1ccccc1NC(=O)COC(=O)[C@H]1CC(=O)N(C2CCCC2)C1. The van der Waals surface area contributed by atoms with Crippen molar-refractivity contribution < 1.29 is 19.1 Å². The second-order valence-electron chi connectivity index (χ2n) is 6.86. The van der Waals surface area contributed by atoms with Crippen molar-refractivity contribution in [2.75, 3.05) is 18.5 Å². The molecule has 0 spiro atoms. The number of esters is 1. The molecule has 1 aliphatic carbocycles. The normalized spacial score (nSPS) is 20.8. The molecule has 1 atom stereocenters. The Hall–Kier alpha value is -2.37. The van der Waals surface area contributed by atoms with Crippen LogP contribution in [0.4, 0.5) is 5.69 Å². The van der Waals surface area contributed by atoms with Gasteiger partial charge in [-0.2, -0.15) is 0 Å². The van der Waals surface area contributed by atoms with Crippen molar-refractivity contribution in [1.29, 1.82) is 0 Å². The van der Waals surface area contributed by atoms with Crippen molar-refractivity contribution >= 4 is 23.5 Å². The van der Waals surface area contributed by atoms with Gasteiger partial charge in [0, 0.05) is 24.7 Å². The Balaban J connectivity index is 1.47. The number of anilines is 1. The van der Waals surface area contributed by atoms with Crippen LogP contribution in [0.25, 0.3) is 0 Å². The first-order chi connectivity index (χ1) is 12.0. The molecule has 0 unspecified atom stereocenters. The van der Waals surface area contributed by atoms with E-state index in [9.17, 15) is 14.4 Å². The molecule has 0 radical (unpaired) electrons. The van der Waals surface area contributed by atoms with Crippen LogP contribution in [-0.2, 0) is 19.1 Å². The molecule has 6 heteroatoms. The maximum Gasteiger partial charge on any atom is 0.311 e. The average Bonchev–Trinajstić information content (AvgIpc) is 3.24. The third-order valence-corrected chi connectivity index (χ3v) is 5.02. The lowest BCUT2D eigenvalue weighted by Gasteiger charge is -2.23. The molecule has 2 fully saturated rings. The summed E-state index contributed by atoms with van der Waals surface area (Å²) < 4.78 is 5.13. The van der Waals surface area contributed by atoms with Crippen molar-refractivity contribution in [3.63, 3.8) is 0 Å². The largest absolute Gasteiger partial charge is 0.455 e. The average molecular weight is 344 g/mol. The van der Waals surface area contributed by atoms with E-state index in [1.807, 2.05) is 30.0 Å². The molecule has 1 aliphatic heterocycles. The van der Waals surface area contributed by atoms with E-state index in [0.29, 0.717) is 12.2 Å². The number of benzene rings is 1. The van der Waals surface area contributed by atoms with Gasteiger partial charge < -0.3 is 15.0 Å². The first kappa shape index (κ1) is 17.5. The van der Waals surface area contributed by atoms with Crippen molar-refractivity contribution in [2.24, 2.45) is 5.92 Å². The van der Waals surface area contributed by atoms with Crippen LogP contribution in [0, 0.1) is 12.8 Å². The Morgan fingerprint density at radius 2 is 1.96 bits per heavy atom. The second kappa shape index (κ2) is 7.68. The van der Waals surface area contributed by atoms with Crippen molar-refractivity contribution in [2.45, 2.75) is 45.1 Å². The van der Waals surface area contributed by atoms with Gasteiger partial charge in [0.25, 0.3) is 5.91 Å². The quantitative estimate of drug-likeness (QED) is 0.832. The fraction of sp³-hybridized carbons (Fsp3) is 0.526. The summed E-state index contributed by atoms with van der Waals surface area (Å²) in [5, 5.41) is 2.72. The molecular formula is C19H24N2O4. The maximum absolute atomic E-state index is 12.2. The number of amides is 2. The minimum Gasteiger partial charge on any atom is -0.455 e. The van der Waals surface area contributed by atoms with Crippen LogP contribution in [-0.4, -0.2) is 41.9 Å². The molecule has 1 N–H and O–H groups in total. The topological polar surface area (TPSA) is 75.7 Å². The number of ether oxygens (including phenoxy) is 1. The zero-order chi connectivity index (χ0) is 17.8. The van der Waals surface area contributed by atoms with Crippen LogP contribution in [0.15, 0.2) is 24.3 Å². The molecule has 6 nitrogen and oxygen atoms in total. The number of aryl methyl sites for hydroxylation is 1. The van der Waals surface area contributed by atoms with Gasteiger partial charge in [-0.05, 0) is 31.4 Å². The standard InChI is InChI=1S/C19H24N2O4/c1-13-6-2-5-9-16(13)20-17(22)12-25-19(24)14-10-18(23)21(11-14)15-7-3-4-8-15/h2,5-6,9,14-15H,3-4,7-8,10-12H2,1H3,(H,20,22)/t14-/m0/s1. The minimum absolute atomic E-state index is 0.0261. The first-order valence-corrected chi connectivity index (χ1v) is 8.86. The third-order valence-electron chi connectivity index (χ3n) is 5.02. The lowest BCUT2D eigenvalue weighted by Crippen LogP contribution is -2.35. The monoisotopic (exact) mass is 344 g/mol. The highest BCUT2D eigenvalue weighted by molar-refractivity contribution is 5.94. The van der Waals surface area contributed by atoms with Crippen LogP contribution in [0.2, 0.25) is 0 Å². The molecule has 0 bridgehead atoms. The van der Waals surface area contributed by atoms with E-state index >= 15 is 0 Å². The molecule has 0 aromatic heterocycles. The summed E-state index contributed by atoms with van der Waals surface area (Å²) >= 11 is 0. The molecule has 1 saturated carbocycles. The van der Waals surface area contributed by atoms with Gasteiger partial charge in [0.05, 0.1) is 5.92 Å². The molecular weight excluding hydrogens is 320 g/mol. The number of likely N-dealkylation sites (tertiary alicyclic amines) is 1. The van der Waals surface area contributed by atoms with Gasteiger partial charge in [-0.3, -0.25) is 14.4 Å². The number of nitrogens with zero attached hydrogens (tertiary/aromatic N) is 1. The van der Waals surface area contributed by atoms with Gasteiger partial charge in [0.15, 0.2) is 6.61 Å². The van der Waals surface area contributed by atoms with E-state index < -0.39 is 11.9 Å². The summed E-state index contributed by atoms with van der Waals surface area (Å²) in [6.45, 7) is 1.98. The predicted molar refractivity (Wildman–Crippen MR) is 92.8 cm³/mol. The van der Waals surface area contributed by atoms with Gasteiger partial charge >= 0.3 is 5.97 Å². The van der Waals surface area contributed by atoms with Crippen LogP contribution in [0.3, 0.4) is 0 Å². The van der Waals surface area contributed by atoms with Gasteiger partial charge in [0.1, 0.15) is 0 Å². The van der Waals surface area contributed by atoms with Gasteiger partial charge in [-0.1, -0.05) is 31.0 Å². The summed E-state index contributed by atoms with van der Waals surface area (Å²) in [7, 11) is 0. The van der Waals surface area contributed by atoms with Crippen molar-refractivity contribution in [3.05, 3.63) is 29.8 Å². The summed E-state index contributed by atoms with van der Waals surface area (Å²) in [6.07, 6.45) is 4.51. The molecule has 2 aliphatic rings. The van der Waals surface area contributed by atoms with Gasteiger partial charge in [-0.25, -0.2) is 0 Å². The molecule has 1 aromatic carbocycles. The summed E-state index contributed by atoms with van der Waals surface area (Å²) in [5.74, 6) is -1.27. The number of nitrogens with one attached hydrogen (secondary N) is 1. The fourth-order valence-electron chi connectivity index (χ4n) is 3.61. The Kier molecular flexibility index (Phi) is 5.36. The highest BCUT2D eigenvalue weighted by atomic mass is 16.5. The Bertz CT molecular complexity index is 667. The van der Waals surface area contributed by atoms with E-state index in [1.165, 1.54) is 0 Å². The molecule has 1 aromatic rings. The van der Waals surface area contributed by atoms with E-state index in [1.54, 1.807) is 6.07 Å². The third kappa shape index (κ3) is 4.18. The zero-order valence-corrected chi connectivity index (χ0v) is 14.5. The molecule has 2 amide bonds. The van der Waals surface area contributed by atoms with E-state index in [0.717, 1.165) is 31.2 Å². The smallest absolute Gasteiger partial charge is 0.311 e. The molecule has 134 valence electrons. The summed E-state index contributed by atoms with van der Waals surface area (Å²) in [5.41, 5.74) is 1.64. The lowest BCUT2D eigenvalue weighted by molar-refractivity contribution is -0.151. The minimum atomic E-state index is -0.464. The number of carbonyl (C=O) groups excluding carboxylic acids is 3. The molecule has 1 saturated heterocycles. The summed E-state index contributed by atoms with van der Waals surface area (Å²) in [4.78, 5) is 38.1. The highest BCUT2D eigenvalue weighted by Crippen LogP contribution is 2.29. The highest BCUT2D eigenvalue weighted by Gasteiger charge is 2.39. The Morgan fingerprint density at radius 1 is 1.24 bits per heavy atom. The van der Waals surface area contributed by atoms with Crippen molar-refractivity contribution in [3.8, 4) is 0 Å². The first-order valence-electron chi connectivity index (χ1n) is 8.86. The summed E-state index contributed by atoms with van der Waals surface area (Å²) in [6, 6.07) is 7.68. The van der Waals surface area contributed by atoms with Crippen molar-refractivity contribution in [1.82, 2.24) is 4.90 Å². The predicted octanol–water partition coefficient (Wildman–Crippen LogP) is 2.27. The van der Waals surface area contributed by atoms with Gasteiger partial charge in [-0.15, -0.1) is 0 Å². The molecule has 25 heavy (non-hydrogen) atoms. The van der Waals surface area contributed by atoms with E-state index in [4.69, 9.17) is 4.74 Å². The fourth-order valence-corrected chi connectivity index (χ4v) is 3.61. The van der Waals surface area contributed by atoms with E-state index in [2.05, 4.69) is 5.32 Å².